The Morgan fingerprint density at radius 1 is 1.50 bits per heavy atom. The highest BCUT2D eigenvalue weighted by atomic mass is 19.1. The third-order valence-corrected chi connectivity index (χ3v) is 5.02. The third kappa shape index (κ3) is 2.15. The van der Waals surface area contributed by atoms with Gasteiger partial charge in [-0.2, -0.15) is 0 Å². The molecule has 0 N–H and O–H groups in total. The van der Waals surface area contributed by atoms with Gasteiger partial charge in [-0.15, -0.1) is 0 Å². The number of esters is 1. The first-order valence-corrected chi connectivity index (χ1v) is 7.68. The molecule has 0 radical (unpaired) electrons. The maximum atomic E-state index is 14.0. The Bertz CT molecular complexity index is 630. The second-order valence-corrected chi connectivity index (χ2v) is 6.13. The minimum Gasteiger partial charge on any atom is -0.465 e. The number of halogens is 1. The summed E-state index contributed by atoms with van der Waals surface area (Å²) < 4.78 is 19.0. The minimum absolute atomic E-state index is 0.103. The van der Waals surface area contributed by atoms with Crippen molar-refractivity contribution in [3.05, 3.63) is 35.1 Å². The highest BCUT2D eigenvalue weighted by Crippen LogP contribution is 2.47. The number of benzene rings is 1. The van der Waals surface area contributed by atoms with Crippen molar-refractivity contribution in [2.75, 3.05) is 20.2 Å². The lowest BCUT2D eigenvalue weighted by Crippen LogP contribution is -2.54. The molecule has 5 heteroatoms. The van der Waals surface area contributed by atoms with E-state index in [4.69, 9.17) is 4.74 Å². The molecule has 0 saturated carbocycles. The lowest BCUT2D eigenvalue weighted by atomic mass is 9.77. The molecule has 118 valence electrons. The normalized spacial score (nSPS) is 28.0. The van der Waals surface area contributed by atoms with Crippen molar-refractivity contribution >= 4 is 11.8 Å². The van der Waals surface area contributed by atoms with E-state index in [0.717, 1.165) is 5.56 Å². The zero-order valence-electron chi connectivity index (χ0n) is 12.9. The van der Waals surface area contributed by atoms with E-state index >= 15 is 0 Å². The number of nitrogens with zero attached hydrogens (tertiary/aromatic N) is 1. The molecule has 2 atom stereocenters. The van der Waals surface area contributed by atoms with Crippen LogP contribution >= 0.6 is 0 Å². The largest absolute Gasteiger partial charge is 0.465 e. The van der Waals surface area contributed by atoms with Gasteiger partial charge in [0.15, 0.2) is 5.78 Å². The van der Waals surface area contributed by atoms with Crippen LogP contribution in [0.5, 0.6) is 0 Å². The van der Waals surface area contributed by atoms with Crippen molar-refractivity contribution in [3.8, 4) is 0 Å². The van der Waals surface area contributed by atoms with E-state index in [0.29, 0.717) is 24.9 Å². The molecule has 22 heavy (non-hydrogen) atoms. The van der Waals surface area contributed by atoms with Crippen molar-refractivity contribution in [1.82, 2.24) is 4.90 Å². The molecule has 1 aliphatic heterocycles. The summed E-state index contributed by atoms with van der Waals surface area (Å²) in [6, 6.07) is 5.06. The zero-order valence-corrected chi connectivity index (χ0v) is 12.9. The van der Waals surface area contributed by atoms with Crippen LogP contribution in [0.25, 0.3) is 0 Å². The molecule has 1 aliphatic carbocycles. The first-order chi connectivity index (χ1) is 10.5. The summed E-state index contributed by atoms with van der Waals surface area (Å²) in [7, 11) is 1.90. The number of rotatable bonds is 2. The number of ether oxygens (including phenoxy) is 1. The van der Waals surface area contributed by atoms with Gasteiger partial charge in [-0.05, 0) is 44.0 Å². The van der Waals surface area contributed by atoms with Gasteiger partial charge in [-0.1, -0.05) is 12.1 Å². The highest BCUT2D eigenvalue weighted by molar-refractivity contribution is 6.00. The molecule has 0 aromatic heterocycles. The lowest BCUT2D eigenvalue weighted by Gasteiger charge is -2.44. The van der Waals surface area contributed by atoms with E-state index < -0.39 is 17.4 Å². The first kappa shape index (κ1) is 15.2. The molecule has 1 heterocycles. The standard InChI is InChI=1S/C17H20FNO3/c1-3-22-16(21)12-10-19(2)17(9-15(12)20)8-7-11-13(17)5-4-6-14(11)18/h4-6,12H,3,7-10H2,1-2H3. The second-order valence-electron chi connectivity index (χ2n) is 6.13. The van der Waals surface area contributed by atoms with Crippen LogP contribution in [0, 0.1) is 11.7 Å². The molecule has 4 nitrogen and oxygen atoms in total. The molecule has 3 rings (SSSR count). The van der Waals surface area contributed by atoms with E-state index in [1.54, 1.807) is 13.0 Å². The van der Waals surface area contributed by atoms with Crippen LogP contribution in [-0.4, -0.2) is 36.9 Å². The van der Waals surface area contributed by atoms with Crippen LogP contribution in [0.1, 0.15) is 30.9 Å². The van der Waals surface area contributed by atoms with E-state index in [-0.39, 0.29) is 24.6 Å². The Labute approximate surface area is 129 Å². The lowest BCUT2D eigenvalue weighted by molar-refractivity contribution is -0.156. The van der Waals surface area contributed by atoms with Crippen LogP contribution < -0.4 is 0 Å². The number of fused-ring (bicyclic) bond motifs is 2. The Morgan fingerprint density at radius 2 is 2.27 bits per heavy atom. The number of ketones is 1. The third-order valence-electron chi connectivity index (χ3n) is 5.02. The van der Waals surface area contributed by atoms with Gasteiger partial charge in [0, 0.05) is 13.0 Å². The molecule has 1 saturated heterocycles. The van der Waals surface area contributed by atoms with E-state index in [1.807, 2.05) is 18.0 Å². The van der Waals surface area contributed by atoms with Gasteiger partial charge in [0.1, 0.15) is 11.7 Å². The monoisotopic (exact) mass is 305 g/mol. The average molecular weight is 305 g/mol. The van der Waals surface area contributed by atoms with Crippen LogP contribution in [0.4, 0.5) is 4.39 Å². The number of carbonyl (C=O) groups is 2. The maximum absolute atomic E-state index is 14.0. The SMILES string of the molecule is CCOC(=O)C1CN(C)C2(CCc3c(F)cccc32)CC1=O. The highest BCUT2D eigenvalue weighted by Gasteiger charge is 2.51. The van der Waals surface area contributed by atoms with Gasteiger partial charge in [0.2, 0.25) is 0 Å². The van der Waals surface area contributed by atoms with Crippen molar-refractivity contribution in [2.45, 2.75) is 31.7 Å². The average Bonchev–Trinajstić information content (AvgIpc) is 2.84. The second kappa shape index (κ2) is 5.47. The van der Waals surface area contributed by atoms with Crippen molar-refractivity contribution in [2.24, 2.45) is 5.92 Å². The molecule has 0 bridgehead atoms. The Hall–Kier alpha value is -1.75. The number of piperidine rings is 1. The summed E-state index contributed by atoms with van der Waals surface area (Å²) in [5, 5.41) is 0. The summed E-state index contributed by atoms with van der Waals surface area (Å²) in [5.74, 6) is -1.49. The Balaban J connectivity index is 1.92. The fourth-order valence-electron chi connectivity index (χ4n) is 3.84. The number of hydrogen-bond acceptors (Lipinski definition) is 4. The van der Waals surface area contributed by atoms with Gasteiger partial charge < -0.3 is 4.74 Å². The molecule has 1 aromatic carbocycles. The predicted molar refractivity (Wildman–Crippen MR) is 78.8 cm³/mol. The maximum Gasteiger partial charge on any atom is 0.317 e. The van der Waals surface area contributed by atoms with Crippen LogP contribution in [0.3, 0.4) is 0 Å². The van der Waals surface area contributed by atoms with Crippen LogP contribution in [0.15, 0.2) is 18.2 Å². The molecule has 1 aromatic rings. The van der Waals surface area contributed by atoms with E-state index in [1.165, 1.54) is 6.07 Å². The van der Waals surface area contributed by atoms with Crippen molar-refractivity contribution in [3.63, 3.8) is 0 Å². The first-order valence-electron chi connectivity index (χ1n) is 7.68. The summed E-state index contributed by atoms with van der Waals surface area (Å²) in [6.45, 7) is 2.32. The smallest absolute Gasteiger partial charge is 0.317 e. The van der Waals surface area contributed by atoms with Crippen molar-refractivity contribution < 1.29 is 18.7 Å². The van der Waals surface area contributed by atoms with Gasteiger partial charge >= 0.3 is 5.97 Å². The molecule has 1 fully saturated rings. The Kier molecular flexibility index (Phi) is 3.77. The Morgan fingerprint density at radius 3 is 3.00 bits per heavy atom. The minimum atomic E-state index is -0.729. The summed E-state index contributed by atoms with van der Waals surface area (Å²) >= 11 is 0. The van der Waals surface area contributed by atoms with Crippen LogP contribution in [-0.2, 0) is 26.3 Å². The van der Waals surface area contributed by atoms with Gasteiger partial charge in [0.25, 0.3) is 0 Å². The fraction of sp³-hybridized carbons (Fsp3) is 0.529. The quantitative estimate of drug-likeness (QED) is 0.620. The topological polar surface area (TPSA) is 46.6 Å². The van der Waals surface area contributed by atoms with Gasteiger partial charge in [0.05, 0.1) is 12.1 Å². The molecule has 0 amide bonds. The van der Waals surface area contributed by atoms with Gasteiger partial charge in [-0.3, -0.25) is 14.5 Å². The van der Waals surface area contributed by atoms with Crippen molar-refractivity contribution in [1.29, 1.82) is 0 Å². The van der Waals surface area contributed by atoms with E-state index in [9.17, 15) is 14.0 Å². The number of hydrogen-bond donors (Lipinski definition) is 0. The van der Waals surface area contributed by atoms with Gasteiger partial charge in [-0.25, -0.2) is 4.39 Å². The number of carbonyl (C=O) groups excluding carboxylic acids is 2. The number of likely N-dealkylation sites (tertiary alicyclic amines) is 1. The molecular weight excluding hydrogens is 285 g/mol. The summed E-state index contributed by atoms with van der Waals surface area (Å²) in [5.41, 5.74) is 1.12. The number of Topliss-reactive ketones (excluding diaryl/α,β-unsaturated/α-hetero) is 1. The summed E-state index contributed by atoms with van der Waals surface area (Å²) in [4.78, 5) is 26.4. The molecule has 2 aliphatic rings. The zero-order chi connectivity index (χ0) is 15.9. The molecular formula is C17H20FNO3. The molecule has 2 unspecified atom stereocenters. The predicted octanol–water partition coefficient (Wildman–Crippen LogP) is 2.05. The van der Waals surface area contributed by atoms with E-state index in [2.05, 4.69) is 0 Å². The fourth-order valence-corrected chi connectivity index (χ4v) is 3.84. The van der Waals surface area contributed by atoms with Crippen LogP contribution in [0.2, 0.25) is 0 Å². The molecule has 1 spiro atoms. The summed E-state index contributed by atoms with van der Waals surface area (Å²) in [6.07, 6.45) is 1.58.